The van der Waals surface area contributed by atoms with Crippen LogP contribution in [-0.2, 0) is 17.9 Å². The molecule has 0 saturated heterocycles. The van der Waals surface area contributed by atoms with Crippen molar-refractivity contribution in [3.63, 3.8) is 0 Å². The van der Waals surface area contributed by atoms with E-state index in [1.165, 1.54) is 53.1 Å². The Morgan fingerprint density at radius 1 is 1.03 bits per heavy atom. The number of rotatable bonds is 8. The molecule has 2 fully saturated rings. The summed E-state index contributed by atoms with van der Waals surface area (Å²) in [4.78, 5) is 29.0. The van der Waals surface area contributed by atoms with E-state index in [2.05, 4.69) is 30.4 Å². The van der Waals surface area contributed by atoms with Gasteiger partial charge in [0.1, 0.15) is 0 Å². The lowest BCUT2D eigenvalue weighted by molar-refractivity contribution is -0.114. The lowest BCUT2D eigenvalue weighted by atomic mass is 10.0. The van der Waals surface area contributed by atoms with Crippen LogP contribution in [0, 0.1) is 0 Å². The number of nitrogens with zero attached hydrogens (tertiary/aromatic N) is 5. The summed E-state index contributed by atoms with van der Waals surface area (Å²) in [5, 5.41) is 9.20. The smallest absolute Gasteiger partial charge is 0.281 e. The van der Waals surface area contributed by atoms with Crippen molar-refractivity contribution in [2.24, 2.45) is 5.10 Å². The minimum atomic E-state index is -0.183. The van der Waals surface area contributed by atoms with Crippen LogP contribution >= 0.6 is 0 Å². The molecule has 2 saturated carbocycles. The SMILES string of the molecule is O=C1/C(=C/c2[nH]c(C3CC3)c(CNCc3ccncc3)c2C2CC2)C=NN1c1cnccn1. The number of hydrogen-bond donors (Lipinski definition) is 2. The third kappa shape index (κ3) is 4.09. The van der Waals surface area contributed by atoms with E-state index in [9.17, 15) is 4.79 Å². The van der Waals surface area contributed by atoms with E-state index in [-0.39, 0.29) is 5.91 Å². The molecule has 2 N–H and O–H groups in total. The average molecular weight is 440 g/mol. The number of pyridine rings is 1. The summed E-state index contributed by atoms with van der Waals surface area (Å²) in [6.45, 7) is 1.62. The number of aromatic amines is 1. The molecule has 8 heteroatoms. The molecule has 33 heavy (non-hydrogen) atoms. The fourth-order valence-corrected chi connectivity index (χ4v) is 4.46. The number of hydrogen-bond acceptors (Lipinski definition) is 6. The standard InChI is InChI=1S/C25H25N7O/c33-25-19(13-30-32(25)22-15-27-9-10-29-22)11-21-23(17-1-2-17)20(24(31-21)18-3-4-18)14-28-12-16-5-7-26-8-6-16/h5-11,13,15,17-18,28,31H,1-4,12,14H2/b19-11+. The molecule has 0 bridgehead atoms. The minimum Gasteiger partial charge on any atom is -0.358 e. The number of nitrogens with one attached hydrogen (secondary N) is 2. The van der Waals surface area contributed by atoms with Gasteiger partial charge < -0.3 is 10.3 Å². The summed E-state index contributed by atoms with van der Waals surface area (Å²) in [7, 11) is 0. The second-order valence-electron chi connectivity index (χ2n) is 8.88. The van der Waals surface area contributed by atoms with E-state index in [4.69, 9.17) is 0 Å². The van der Waals surface area contributed by atoms with Gasteiger partial charge in [0.2, 0.25) is 0 Å². The average Bonchev–Trinajstić information content (AvgIpc) is 3.78. The summed E-state index contributed by atoms with van der Waals surface area (Å²) in [5.41, 5.74) is 6.91. The van der Waals surface area contributed by atoms with E-state index in [0.29, 0.717) is 23.2 Å². The number of anilines is 1. The van der Waals surface area contributed by atoms with Crippen molar-refractivity contribution in [2.75, 3.05) is 5.01 Å². The van der Waals surface area contributed by atoms with Gasteiger partial charge >= 0.3 is 0 Å². The molecule has 0 aromatic carbocycles. The van der Waals surface area contributed by atoms with Crippen molar-refractivity contribution in [1.29, 1.82) is 0 Å². The number of aromatic nitrogens is 4. The summed E-state index contributed by atoms with van der Waals surface area (Å²) in [5.74, 6) is 1.40. The van der Waals surface area contributed by atoms with Crippen LogP contribution in [0.5, 0.6) is 0 Å². The van der Waals surface area contributed by atoms with Crippen LogP contribution in [0.4, 0.5) is 5.82 Å². The van der Waals surface area contributed by atoms with Crippen LogP contribution in [0.15, 0.2) is 53.8 Å². The van der Waals surface area contributed by atoms with Gasteiger partial charge in [-0.25, -0.2) is 4.98 Å². The Hall–Kier alpha value is -3.65. The molecule has 6 rings (SSSR count). The Balaban J connectivity index is 1.28. The van der Waals surface area contributed by atoms with Gasteiger partial charge in [0.15, 0.2) is 5.82 Å². The summed E-state index contributed by atoms with van der Waals surface area (Å²) in [6.07, 6.45) is 16.8. The van der Waals surface area contributed by atoms with Crippen molar-refractivity contribution >= 4 is 24.0 Å². The molecule has 166 valence electrons. The van der Waals surface area contributed by atoms with Crippen LogP contribution in [0.25, 0.3) is 6.08 Å². The Bertz CT molecular complexity index is 1220. The highest BCUT2D eigenvalue weighted by molar-refractivity contribution is 6.25. The van der Waals surface area contributed by atoms with Crippen LogP contribution in [0.1, 0.15) is 65.6 Å². The maximum absolute atomic E-state index is 13.0. The van der Waals surface area contributed by atoms with E-state index < -0.39 is 0 Å². The molecule has 0 unspecified atom stereocenters. The molecule has 3 aliphatic rings. The quantitative estimate of drug-likeness (QED) is 0.522. The molecule has 8 nitrogen and oxygen atoms in total. The maximum Gasteiger partial charge on any atom is 0.281 e. The van der Waals surface area contributed by atoms with Gasteiger partial charge in [-0.3, -0.25) is 14.8 Å². The van der Waals surface area contributed by atoms with E-state index in [1.54, 1.807) is 24.8 Å². The van der Waals surface area contributed by atoms with Gasteiger partial charge in [0.25, 0.3) is 5.91 Å². The summed E-state index contributed by atoms with van der Waals surface area (Å²) >= 11 is 0. The van der Waals surface area contributed by atoms with Crippen molar-refractivity contribution in [3.05, 3.63) is 76.8 Å². The fraction of sp³-hybridized carbons (Fsp3) is 0.320. The van der Waals surface area contributed by atoms with Crippen molar-refractivity contribution in [3.8, 4) is 0 Å². The predicted octanol–water partition coefficient (Wildman–Crippen LogP) is 3.66. The topological polar surface area (TPSA) is 99.2 Å². The number of amides is 1. The zero-order valence-electron chi connectivity index (χ0n) is 18.2. The molecule has 0 radical (unpaired) electrons. The monoisotopic (exact) mass is 439 g/mol. The molecular formula is C25H25N7O. The number of carbonyl (C=O) groups excluding carboxylic acids is 1. The van der Waals surface area contributed by atoms with Gasteiger partial charge in [0, 0.05) is 49.3 Å². The Labute approximate surface area is 191 Å². The maximum atomic E-state index is 13.0. The van der Waals surface area contributed by atoms with Crippen LogP contribution in [-0.4, -0.2) is 32.1 Å². The summed E-state index contributed by atoms with van der Waals surface area (Å²) in [6, 6.07) is 4.08. The van der Waals surface area contributed by atoms with Crippen molar-refractivity contribution < 1.29 is 4.79 Å². The Kier molecular flexibility index (Phi) is 5.07. The number of H-pyrrole nitrogens is 1. The second kappa shape index (κ2) is 8.37. The normalized spacial score (nSPS) is 19.1. The van der Waals surface area contributed by atoms with E-state index >= 15 is 0 Å². The molecule has 0 spiro atoms. The molecule has 1 aliphatic heterocycles. The first kappa shape index (κ1) is 20.0. The molecule has 3 aromatic rings. The van der Waals surface area contributed by atoms with Gasteiger partial charge in [-0.15, -0.1) is 0 Å². The highest BCUT2D eigenvalue weighted by Crippen LogP contribution is 2.49. The first-order valence-corrected chi connectivity index (χ1v) is 11.5. The first-order valence-electron chi connectivity index (χ1n) is 11.5. The second-order valence-corrected chi connectivity index (χ2v) is 8.88. The lowest BCUT2D eigenvalue weighted by Gasteiger charge is -2.10. The predicted molar refractivity (Wildman–Crippen MR) is 126 cm³/mol. The van der Waals surface area contributed by atoms with Gasteiger partial charge in [0.05, 0.1) is 18.0 Å². The van der Waals surface area contributed by atoms with Crippen molar-refractivity contribution in [1.82, 2.24) is 25.3 Å². The number of carbonyl (C=O) groups is 1. The van der Waals surface area contributed by atoms with Crippen LogP contribution in [0.2, 0.25) is 0 Å². The third-order valence-corrected chi connectivity index (χ3v) is 6.38. The molecule has 0 atom stereocenters. The van der Waals surface area contributed by atoms with E-state index in [1.807, 2.05) is 30.6 Å². The number of hydrazone groups is 1. The zero-order chi connectivity index (χ0) is 22.2. The largest absolute Gasteiger partial charge is 0.358 e. The summed E-state index contributed by atoms with van der Waals surface area (Å²) < 4.78 is 0. The molecule has 1 amide bonds. The van der Waals surface area contributed by atoms with Crippen LogP contribution < -0.4 is 10.3 Å². The molecule has 4 heterocycles. The van der Waals surface area contributed by atoms with Crippen LogP contribution in [0.3, 0.4) is 0 Å². The minimum absolute atomic E-state index is 0.183. The van der Waals surface area contributed by atoms with Gasteiger partial charge in [-0.2, -0.15) is 10.1 Å². The van der Waals surface area contributed by atoms with Gasteiger partial charge in [-0.1, -0.05) is 0 Å². The molecular weight excluding hydrogens is 414 g/mol. The zero-order valence-corrected chi connectivity index (χ0v) is 18.2. The third-order valence-electron chi connectivity index (χ3n) is 6.38. The van der Waals surface area contributed by atoms with Crippen molar-refractivity contribution in [2.45, 2.75) is 50.6 Å². The Morgan fingerprint density at radius 2 is 1.85 bits per heavy atom. The van der Waals surface area contributed by atoms with Gasteiger partial charge in [-0.05, 0) is 72.4 Å². The molecule has 3 aromatic heterocycles. The highest BCUT2D eigenvalue weighted by atomic mass is 16.2. The molecule has 2 aliphatic carbocycles. The first-order chi connectivity index (χ1) is 16.3. The highest BCUT2D eigenvalue weighted by Gasteiger charge is 2.36. The fourth-order valence-electron chi connectivity index (χ4n) is 4.46. The van der Waals surface area contributed by atoms with E-state index in [0.717, 1.165) is 18.8 Å². The Morgan fingerprint density at radius 3 is 2.58 bits per heavy atom. The lowest BCUT2D eigenvalue weighted by Crippen LogP contribution is -2.22.